The van der Waals surface area contributed by atoms with Crippen molar-refractivity contribution in [3.8, 4) is 0 Å². The predicted molar refractivity (Wildman–Crippen MR) is 77.3 cm³/mol. The maximum atomic E-state index is 3.56. The fourth-order valence-corrected chi connectivity index (χ4v) is 3.43. The van der Waals surface area contributed by atoms with Crippen LogP contribution in [0.3, 0.4) is 0 Å². The lowest BCUT2D eigenvalue weighted by atomic mass is 9.68. The Labute approximate surface area is 109 Å². The van der Waals surface area contributed by atoms with Crippen molar-refractivity contribution in [3.05, 3.63) is 0 Å². The van der Waals surface area contributed by atoms with E-state index in [0.29, 0.717) is 5.41 Å². The van der Waals surface area contributed by atoms with E-state index in [0.717, 1.165) is 17.9 Å². The first-order valence-electron chi connectivity index (χ1n) is 7.66. The Kier molecular flexibility index (Phi) is 5.99. The number of unbranched alkanes of at least 4 members (excludes halogenated alkanes) is 1. The van der Waals surface area contributed by atoms with Gasteiger partial charge in [-0.05, 0) is 56.4 Å². The maximum Gasteiger partial charge on any atom is 0.00923 e. The summed E-state index contributed by atoms with van der Waals surface area (Å²) >= 11 is 0. The maximum absolute atomic E-state index is 3.56. The molecule has 1 heteroatoms. The van der Waals surface area contributed by atoms with E-state index < -0.39 is 0 Å². The Bertz CT molecular complexity index is 196. The molecular weight excluding hydrogens is 206 g/mol. The molecule has 1 aliphatic rings. The topological polar surface area (TPSA) is 12.0 Å². The molecule has 0 spiro atoms. The van der Waals surface area contributed by atoms with Gasteiger partial charge < -0.3 is 5.32 Å². The predicted octanol–water partition coefficient (Wildman–Crippen LogP) is 4.62. The number of nitrogens with one attached hydrogen (secondary N) is 1. The zero-order valence-electron chi connectivity index (χ0n) is 12.7. The van der Waals surface area contributed by atoms with Crippen LogP contribution < -0.4 is 5.32 Å². The first-order valence-corrected chi connectivity index (χ1v) is 7.66. The molecule has 1 fully saturated rings. The minimum atomic E-state index is 0.517. The van der Waals surface area contributed by atoms with Crippen LogP contribution in [0.25, 0.3) is 0 Å². The van der Waals surface area contributed by atoms with Gasteiger partial charge in [-0.1, -0.05) is 40.5 Å². The van der Waals surface area contributed by atoms with Gasteiger partial charge in [0.15, 0.2) is 0 Å². The van der Waals surface area contributed by atoms with Crippen LogP contribution in [-0.2, 0) is 0 Å². The molecule has 1 saturated carbocycles. The van der Waals surface area contributed by atoms with Crippen molar-refractivity contribution >= 4 is 0 Å². The second-order valence-electron chi connectivity index (χ2n) is 7.02. The molecule has 1 aliphatic carbocycles. The zero-order valence-corrected chi connectivity index (χ0v) is 12.7. The van der Waals surface area contributed by atoms with Crippen LogP contribution >= 0.6 is 0 Å². The third-order valence-electron chi connectivity index (χ3n) is 4.81. The summed E-state index contributed by atoms with van der Waals surface area (Å²) in [6.45, 7) is 9.52. The summed E-state index contributed by atoms with van der Waals surface area (Å²) in [6.07, 6.45) is 9.85. The first kappa shape index (κ1) is 15.0. The van der Waals surface area contributed by atoms with Crippen molar-refractivity contribution in [1.29, 1.82) is 0 Å². The monoisotopic (exact) mass is 239 g/mol. The zero-order chi connectivity index (χ0) is 12.9. The molecule has 0 heterocycles. The van der Waals surface area contributed by atoms with Crippen LogP contribution in [0.5, 0.6) is 0 Å². The minimum Gasteiger partial charge on any atom is -0.317 e. The van der Waals surface area contributed by atoms with E-state index in [1.54, 1.807) is 0 Å². The summed E-state index contributed by atoms with van der Waals surface area (Å²) in [5, 5.41) is 3.56. The molecule has 1 atom stereocenters. The highest BCUT2D eigenvalue weighted by molar-refractivity contribution is 4.85. The molecule has 0 amide bonds. The molecule has 1 unspecified atom stereocenters. The molecular formula is C16H33N. The van der Waals surface area contributed by atoms with Crippen molar-refractivity contribution in [2.24, 2.45) is 17.3 Å². The second-order valence-corrected chi connectivity index (χ2v) is 7.02. The normalized spacial score (nSPS) is 28.1. The molecule has 0 aromatic rings. The van der Waals surface area contributed by atoms with Crippen LogP contribution in [0.4, 0.5) is 0 Å². The third-order valence-corrected chi connectivity index (χ3v) is 4.81. The lowest BCUT2D eigenvalue weighted by Crippen LogP contribution is -2.37. The smallest absolute Gasteiger partial charge is 0.00923 e. The summed E-state index contributed by atoms with van der Waals surface area (Å²) < 4.78 is 0. The van der Waals surface area contributed by atoms with E-state index in [1.807, 2.05) is 0 Å². The highest BCUT2D eigenvalue weighted by Gasteiger charge is 2.32. The van der Waals surface area contributed by atoms with Gasteiger partial charge in [0.1, 0.15) is 0 Å². The van der Waals surface area contributed by atoms with Crippen molar-refractivity contribution < 1.29 is 0 Å². The summed E-state index contributed by atoms with van der Waals surface area (Å²) in [7, 11) is 2.15. The minimum absolute atomic E-state index is 0.517. The Morgan fingerprint density at radius 2 is 1.71 bits per heavy atom. The molecule has 102 valence electrons. The van der Waals surface area contributed by atoms with Crippen LogP contribution in [0.15, 0.2) is 0 Å². The van der Waals surface area contributed by atoms with Gasteiger partial charge in [-0.15, -0.1) is 0 Å². The van der Waals surface area contributed by atoms with E-state index in [2.05, 4.69) is 40.1 Å². The van der Waals surface area contributed by atoms with E-state index in [4.69, 9.17) is 0 Å². The summed E-state index contributed by atoms with van der Waals surface area (Å²) in [4.78, 5) is 0. The largest absolute Gasteiger partial charge is 0.317 e. The molecule has 0 aromatic heterocycles. The number of hydrogen-bond acceptors (Lipinski definition) is 1. The van der Waals surface area contributed by atoms with Crippen molar-refractivity contribution in [2.75, 3.05) is 7.05 Å². The Morgan fingerprint density at radius 1 is 1.12 bits per heavy atom. The summed E-state index contributed by atoms with van der Waals surface area (Å²) in [5.74, 6) is 1.88. The molecule has 1 rings (SSSR count). The molecule has 1 nitrogen and oxygen atoms in total. The fourth-order valence-electron chi connectivity index (χ4n) is 3.43. The average molecular weight is 239 g/mol. The van der Waals surface area contributed by atoms with Crippen LogP contribution in [-0.4, -0.2) is 13.1 Å². The molecule has 0 saturated heterocycles. The van der Waals surface area contributed by atoms with Gasteiger partial charge in [0.25, 0.3) is 0 Å². The number of hydrogen-bond donors (Lipinski definition) is 1. The third kappa shape index (κ3) is 4.62. The van der Waals surface area contributed by atoms with Gasteiger partial charge in [-0.2, -0.15) is 0 Å². The van der Waals surface area contributed by atoms with Gasteiger partial charge in [-0.3, -0.25) is 0 Å². The Balaban J connectivity index is 2.39. The second kappa shape index (κ2) is 6.78. The lowest BCUT2D eigenvalue weighted by Gasteiger charge is -2.39. The highest BCUT2D eigenvalue weighted by atomic mass is 14.9. The fraction of sp³-hybridized carbons (Fsp3) is 1.00. The van der Waals surface area contributed by atoms with Gasteiger partial charge in [0, 0.05) is 6.04 Å². The van der Waals surface area contributed by atoms with Crippen LogP contribution in [0.2, 0.25) is 0 Å². The molecule has 0 bridgehead atoms. The van der Waals surface area contributed by atoms with E-state index in [9.17, 15) is 0 Å². The van der Waals surface area contributed by atoms with Crippen LogP contribution in [0.1, 0.15) is 72.6 Å². The summed E-state index contributed by atoms with van der Waals surface area (Å²) in [6, 6.07) is 0.774. The van der Waals surface area contributed by atoms with Crippen molar-refractivity contribution in [3.63, 3.8) is 0 Å². The lowest BCUT2D eigenvalue weighted by molar-refractivity contribution is 0.131. The Hall–Kier alpha value is -0.0400. The molecule has 0 aliphatic heterocycles. The van der Waals surface area contributed by atoms with Gasteiger partial charge >= 0.3 is 0 Å². The Morgan fingerprint density at radius 3 is 2.12 bits per heavy atom. The van der Waals surface area contributed by atoms with E-state index >= 15 is 0 Å². The molecule has 1 N–H and O–H groups in total. The van der Waals surface area contributed by atoms with Crippen molar-refractivity contribution in [2.45, 2.75) is 78.7 Å². The SMILES string of the molecule is CCCCC(NC)C1CCC(C(C)(C)C)CC1. The molecule has 17 heavy (non-hydrogen) atoms. The summed E-state index contributed by atoms with van der Waals surface area (Å²) in [5.41, 5.74) is 0.517. The standard InChI is InChI=1S/C16H33N/c1-6-7-8-15(17-5)13-9-11-14(12-10-13)16(2,3)4/h13-15,17H,6-12H2,1-5H3. The highest BCUT2D eigenvalue weighted by Crippen LogP contribution is 2.41. The molecule has 0 radical (unpaired) electrons. The number of rotatable bonds is 5. The molecule has 0 aromatic carbocycles. The first-order chi connectivity index (χ1) is 7.99. The van der Waals surface area contributed by atoms with Gasteiger partial charge in [0.2, 0.25) is 0 Å². The van der Waals surface area contributed by atoms with E-state index in [-0.39, 0.29) is 0 Å². The average Bonchev–Trinajstić information content (AvgIpc) is 2.29. The quantitative estimate of drug-likeness (QED) is 0.738. The van der Waals surface area contributed by atoms with Crippen LogP contribution in [0, 0.1) is 17.3 Å². The van der Waals surface area contributed by atoms with Gasteiger partial charge in [-0.25, -0.2) is 0 Å². The van der Waals surface area contributed by atoms with Crippen molar-refractivity contribution in [1.82, 2.24) is 5.32 Å². The van der Waals surface area contributed by atoms with E-state index in [1.165, 1.54) is 44.9 Å². The van der Waals surface area contributed by atoms with Gasteiger partial charge in [0.05, 0.1) is 0 Å².